The van der Waals surface area contributed by atoms with Crippen molar-refractivity contribution in [1.82, 2.24) is 20.2 Å². The highest BCUT2D eigenvalue weighted by Crippen LogP contribution is 2.60. The van der Waals surface area contributed by atoms with Gasteiger partial charge >= 0.3 is 6.09 Å². The number of benzene rings is 1. The molecule has 1 aromatic carbocycles. The van der Waals surface area contributed by atoms with Crippen molar-refractivity contribution in [3.8, 4) is 6.07 Å². The maximum atomic E-state index is 12.6. The van der Waals surface area contributed by atoms with Crippen molar-refractivity contribution < 1.29 is 9.53 Å². The molecule has 5 fully saturated rings. The van der Waals surface area contributed by atoms with Crippen LogP contribution in [-0.2, 0) is 11.3 Å². The van der Waals surface area contributed by atoms with E-state index < -0.39 is 5.60 Å². The molecule has 0 saturated heterocycles. The molecule has 45 heavy (non-hydrogen) atoms. The van der Waals surface area contributed by atoms with Gasteiger partial charge in [0.15, 0.2) is 0 Å². The molecular formula is C35H48ClN7O2. The average Bonchev–Trinajstić information content (AvgIpc) is 3.00. The Morgan fingerprint density at radius 3 is 2.49 bits per heavy atom. The molecule has 242 valence electrons. The van der Waals surface area contributed by atoms with Crippen LogP contribution in [0.2, 0.25) is 5.02 Å². The molecule has 3 unspecified atom stereocenters. The van der Waals surface area contributed by atoms with Gasteiger partial charge in [-0.15, -0.1) is 0 Å². The van der Waals surface area contributed by atoms with Gasteiger partial charge in [-0.25, -0.2) is 9.78 Å². The summed E-state index contributed by atoms with van der Waals surface area (Å²) in [4.78, 5) is 23.5. The quantitative estimate of drug-likeness (QED) is 0.271. The van der Waals surface area contributed by atoms with Gasteiger partial charge < -0.3 is 25.6 Å². The largest absolute Gasteiger partial charge is 0.444 e. The SMILES string of the molecule is CN(C(=O)OC(C)(C)C)C1CCC(NC2[C@@H]3CC4C[C@H]2CC(CNc2nc(NCc5ccccc5Cl)ncc2C#N)(C4)C3)CC1. The fourth-order valence-corrected chi connectivity index (χ4v) is 9.04. The van der Waals surface area contributed by atoms with Crippen LogP contribution in [0.1, 0.15) is 89.7 Å². The van der Waals surface area contributed by atoms with Crippen molar-refractivity contribution in [2.75, 3.05) is 24.2 Å². The summed E-state index contributed by atoms with van der Waals surface area (Å²) in [7, 11) is 1.89. The van der Waals surface area contributed by atoms with Crippen LogP contribution >= 0.6 is 11.6 Å². The van der Waals surface area contributed by atoms with Gasteiger partial charge in [0, 0.05) is 43.3 Å². The number of anilines is 2. The summed E-state index contributed by atoms with van der Waals surface area (Å²) in [5.41, 5.74) is 1.21. The summed E-state index contributed by atoms with van der Waals surface area (Å²) in [5.74, 6) is 3.25. The fourth-order valence-electron chi connectivity index (χ4n) is 8.84. The summed E-state index contributed by atoms with van der Waals surface area (Å²) in [6, 6.07) is 11.3. The number of halogens is 1. The Morgan fingerprint density at radius 2 is 1.82 bits per heavy atom. The highest BCUT2D eigenvalue weighted by Gasteiger charge is 2.55. The molecule has 0 aliphatic heterocycles. The first-order chi connectivity index (χ1) is 21.5. The summed E-state index contributed by atoms with van der Waals surface area (Å²) < 4.78 is 5.61. The molecule has 5 atom stereocenters. The normalized spacial score (nSPS) is 30.4. The zero-order chi connectivity index (χ0) is 31.8. The highest BCUT2D eigenvalue weighted by molar-refractivity contribution is 6.31. The van der Waals surface area contributed by atoms with Crippen molar-refractivity contribution in [2.45, 2.75) is 109 Å². The van der Waals surface area contributed by atoms with Gasteiger partial charge in [0.25, 0.3) is 0 Å². The third-order valence-electron chi connectivity index (χ3n) is 10.7. The van der Waals surface area contributed by atoms with Crippen LogP contribution in [0.25, 0.3) is 0 Å². The molecular weight excluding hydrogens is 586 g/mol. The summed E-state index contributed by atoms with van der Waals surface area (Å²) >= 11 is 6.32. The van der Waals surface area contributed by atoms with E-state index in [1.165, 1.54) is 32.1 Å². The summed E-state index contributed by atoms with van der Waals surface area (Å²) in [5, 5.41) is 21.5. The van der Waals surface area contributed by atoms with Gasteiger partial charge in [-0.2, -0.15) is 10.2 Å². The Balaban J connectivity index is 1.03. The van der Waals surface area contributed by atoms with E-state index in [0.29, 0.717) is 52.8 Å². The Bertz CT molecular complexity index is 1400. The van der Waals surface area contributed by atoms with E-state index in [4.69, 9.17) is 21.3 Å². The molecule has 4 bridgehead atoms. The zero-order valence-electron chi connectivity index (χ0n) is 27.1. The Labute approximate surface area is 272 Å². The molecule has 1 heterocycles. The first kappa shape index (κ1) is 31.9. The third-order valence-corrected chi connectivity index (χ3v) is 11.1. The van der Waals surface area contributed by atoms with E-state index >= 15 is 0 Å². The van der Waals surface area contributed by atoms with Gasteiger partial charge in [-0.1, -0.05) is 29.8 Å². The minimum absolute atomic E-state index is 0.215. The number of ether oxygens (including phenoxy) is 1. The second-order valence-corrected chi connectivity index (χ2v) is 15.5. The lowest BCUT2D eigenvalue weighted by Crippen LogP contribution is -2.61. The molecule has 5 aliphatic carbocycles. The van der Waals surface area contributed by atoms with Crippen molar-refractivity contribution >= 4 is 29.5 Å². The smallest absolute Gasteiger partial charge is 0.410 e. The molecule has 0 radical (unpaired) electrons. The van der Waals surface area contributed by atoms with E-state index in [9.17, 15) is 10.1 Å². The van der Waals surface area contributed by atoms with Crippen molar-refractivity contribution in [3.05, 3.63) is 46.6 Å². The third kappa shape index (κ3) is 7.33. The zero-order valence-corrected chi connectivity index (χ0v) is 27.9. The second-order valence-electron chi connectivity index (χ2n) is 15.1. The standard InChI is InChI=1S/C35H48ClN7O2/c1-34(2,3)45-33(44)43(4)28-11-9-27(10-12-28)41-30-24-13-22-14-25(30)17-35(15-22,16-24)21-40-31-26(18-37)20-39-32(42-31)38-19-23-7-5-6-8-29(23)36/h5-8,20,22,24-25,27-28,30,41H,9-17,19,21H2,1-4H3,(H2,38,39,40,42)/t22?,24-,25+,27?,28?,30?,35?. The van der Waals surface area contributed by atoms with Gasteiger partial charge in [0.05, 0.1) is 6.20 Å². The van der Waals surface area contributed by atoms with Crippen LogP contribution in [0.4, 0.5) is 16.6 Å². The van der Waals surface area contributed by atoms with Gasteiger partial charge in [0.1, 0.15) is 23.1 Å². The molecule has 1 aromatic heterocycles. The topological polar surface area (TPSA) is 115 Å². The van der Waals surface area contributed by atoms with E-state index in [-0.39, 0.29) is 17.6 Å². The van der Waals surface area contributed by atoms with E-state index in [0.717, 1.165) is 43.7 Å². The predicted octanol–water partition coefficient (Wildman–Crippen LogP) is 6.99. The number of aromatic nitrogens is 2. The van der Waals surface area contributed by atoms with E-state index in [1.807, 2.05) is 57.0 Å². The van der Waals surface area contributed by atoms with Crippen LogP contribution < -0.4 is 16.0 Å². The van der Waals surface area contributed by atoms with Crippen LogP contribution in [0, 0.1) is 34.5 Å². The number of carbonyl (C=O) groups is 1. The minimum atomic E-state index is -0.471. The van der Waals surface area contributed by atoms with E-state index in [2.05, 4.69) is 27.0 Å². The molecule has 9 nitrogen and oxygen atoms in total. The lowest BCUT2D eigenvalue weighted by molar-refractivity contribution is -0.0733. The van der Waals surface area contributed by atoms with Crippen LogP contribution in [0.3, 0.4) is 0 Å². The predicted molar refractivity (Wildman–Crippen MR) is 177 cm³/mol. The number of nitrogens with zero attached hydrogens (tertiary/aromatic N) is 4. The first-order valence-electron chi connectivity index (χ1n) is 16.7. The molecule has 3 N–H and O–H groups in total. The number of nitrogens with one attached hydrogen (secondary N) is 3. The summed E-state index contributed by atoms with van der Waals surface area (Å²) in [6.45, 7) is 7.10. The van der Waals surface area contributed by atoms with Crippen LogP contribution in [-0.4, -0.2) is 58.3 Å². The Hall–Kier alpha value is -3.09. The van der Waals surface area contributed by atoms with Crippen molar-refractivity contribution in [3.63, 3.8) is 0 Å². The van der Waals surface area contributed by atoms with Gasteiger partial charge in [0.2, 0.25) is 5.95 Å². The Morgan fingerprint density at radius 1 is 1.11 bits per heavy atom. The molecule has 5 saturated carbocycles. The van der Waals surface area contributed by atoms with Crippen molar-refractivity contribution in [2.24, 2.45) is 23.2 Å². The highest BCUT2D eigenvalue weighted by atomic mass is 35.5. The number of hydrogen-bond donors (Lipinski definition) is 3. The summed E-state index contributed by atoms with van der Waals surface area (Å²) in [6.07, 6.45) is 11.9. The van der Waals surface area contributed by atoms with Crippen molar-refractivity contribution in [1.29, 1.82) is 5.26 Å². The number of rotatable bonds is 9. The maximum absolute atomic E-state index is 12.6. The molecule has 7 rings (SSSR count). The van der Waals surface area contributed by atoms with Crippen LogP contribution in [0.5, 0.6) is 0 Å². The monoisotopic (exact) mass is 633 g/mol. The van der Waals surface area contributed by atoms with Crippen LogP contribution in [0.15, 0.2) is 30.5 Å². The number of nitriles is 1. The fraction of sp³-hybridized carbons (Fsp3) is 0.657. The lowest BCUT2D eigenvalue weighted by Gasteiger charge is -2.61. The van der Waals surface area contributed by atoms with Gasteiger partial charge in [-0.05, 0) is 113 Å². The molecule has 2 aromatic rings. The molecule has 0 spiro atoms. The number of hydrogen-bond acceptors (Lipinski definition) is 8. The maximum Gasteiger partial charge on any atom is 0.410 e. The molecule has 1 amide bonds. The molecule has 5 aliphatic rings. The lowest BCUT2D eigenvalue weighted by atomic mass is 9.47. The molecule has 10 heteroatoms. The van der Waals surface area contributed by atoms with E-state index in [1.54, 1.807) is 6.20 Å². The first-order valence-corrected chi connectivity index (χ1v) is 17.1. The minimum Gasteiger partial charge on any atom is -0.444 e. The van der Waals surface area contributed by atoms with Gasteiger partial charge in [-0.3, -0.25) is 0 Å². The average molecular weight is 634 g/mol. The Kier molecular flexibility index (Phi) is 9.18. The second kappa shape index (κ2) is 13.0. The number of carbonyl (C=O) groups excluding carboxylic acids is 1. The number of amides is 1.